The Morgan fingerprint density at radius 3 is 2.53 bits per heavy atom. The Kier molecular flexibility index (Phi) is 6.57. The van der Waals surface area contributed by atoms with Crippen molar-refractivity contribution < 1.29 is 19.0 Å². The van der Waals surface area contributed by atoms with Crippen LogP contribution in [0.15, 0.2) is 60.8 Å². The number of hydrogen-bond acceptors (Lipinski definition) is 4. The van der Waals surface area contributed by atoms with Gasteiger partial charge in [0, 0.05) is 12.3 Å². The standard InChI is InChI=1S/C28H23ClFN3O3/c1-36-28-22(29)14-20(15-31-28)26(17-3-2-4-17)25(18-8-5-16(6-9-18)7-12-24(34)35)19-10-11-23-21(13-19)27(30)33-32-23/h5-15,17H,2-4H2,1H3,(H,32,33)(H,34,35)/b12-7+,26-25+. The zero-order chi connectivity index (χ0) is 25.2. The molecule has 0 bridgehead atoms. The van der Waals surface area contributed by atoms with Crippen molar-refractivity contribution in [3.05, 3.63) is 94.0 Å². The number of aromatic nitrogens is 3. The fourth-order valence-corrected chi connectivity index (χ4v) is 4.79. The summed E-state index contributed by atoms with van der Waals surface area (Å²) in [5.41, 5.74) is 6.03. The lowest BCUT2D eigenvalue weighted by atomic mass is 9.73. The zero-order valence-corrected chi connectivity index (χ0v) is 20.2. The van der Waals surface area contributed by atoms with Gasteiger partial charge in [-0.05, 0) is 76.4 Å². The Morgan fingerprint density at radius 1 is 1.14 bits per heavy atom. The summed E-state index contributed by atoms with van der Waals surface area (Å²) in [6.07, 6.45) is 7.56. The van der Waals surface area contributed by atoms with E-state index in [9.17, 15) is 9.18 Å². The fraction of sp³-hybridized carbons (Fsp3) is 0.179. The van der Waals surface area contributed by atoms with E-state index in [1.165, 1.54) is 7.11 Å². The molecule has 0 saturated heterocycles. The summed E-state index contributed by atoms with van der Waals surface area (Å²) in [5, 5.41) is 16.2. The number of hydrogen-bond donors (Lipinski definition) is 2. The molecule has 0 aliphatic heterocycles. The van der Waals surface area contributed by atoms with E-state index < -0.39 is 11.9 Å². The number of ether oxygens (including phenoxy) is 1. The van der Waals surface area contributed by atoms with Gasteiger partial charge in [0.2, 0.25) is 11.8 Å². The van der Waals surface area contributed by atoms with E-state index in [1.54, 1.807) is 18.3 Å². The highest BCUT2D eigenvalue weighted by atomic mass is 35.5. The number of aromatic amines is 1. The van der Waals surface area contributed by atoms with Crippen LogP contribution in [0, 0.1) is 11.9 Å². The Hall–Kier alpha value is -3.97. The lowest BCUT2D eigenvalue weighted by molar-refractivity contribution is -0.131. The van der Waals surface area contributed by atoms with Crippen LogP contribution >= 0.6 is 11.6 Å². The molecule has 36 heavy (non-hydrogen) atoms. The molecule has 5 rings (SSSR count). The molecule has 0 radical (unpaired) electrons. The number of benzene rings is 2. The molecule has 0 amide bonds. The van der Waals surface area contributed by atoms with Crippen LogP contribution in [0.5, 0.6) is 5.88 Å². The van der Waals surface area contributed by atoms with Gasteiger partial charge in [-0.1, -0.05) is 48.4 Å². The van der Waals surface area contributed by atoms with Gasteiger partial charge in [-0.2, -0.15) is 4.39 Å². The van der Waals surface area contributed by atoms with Gasteiger partial charge in [-0.15, -0.1) is 5.10 Å². The average molecular weight is 504 g/mol. The quantitative estimate of drug-likeness (QED) is 0.277. The Labute approximate surface area is 212 Å². The lowest BCUT2D eigenvalue weighted by Crippen LogP contribution is -2.15. The van der Waals surface area contributed by atoms with Crippen molar-refractivity contribution in [2.45, 2.75) is 19.3 Å². The van der Waals surface area contributed by atoms with Crippen LogP contribution in [0.3, 0.4) is 0 Å². The summed E-state index contributed by atoms with van der Waals surface area (Å²) in [4.78, 5) is 15.3. The van der Waals surface area contributed by atoms with Crippen molar-refractivity contribution in [1.82, 2.24) is 15.2 Å². The second kappa shape index (κ2) is 9.95. The van der Waals surface area contributed by atoms with Gasteiger partial charge in [0.05, 0.1) is 18.0 Å². The minimum absolute atomic E-state index is 0.280. The topological polar surface area (TPSA) is 88.1 Å². The largest absolute Gasteiger partial charge is 0.480 e. The summed E-state index contributed by atoms with van der Waals surface area (Å²) < 4.78 is 19.7. The molecule has 2 N–H and O–H groups in total. The van der Waals surface area contributed by atoms with Crippen LogP contribution in [0.25, 0.3) is 28.1 Å². The number of rotatable bonds is 7. The number of methoxy groups -OCH3 is 1. The second-order valence-corrected chi connectivity index (χ2v) is 9.11. The van der Waals surface area contributed by atoms with E-state index in [4.69, 9.17) is 21.4 Å². The summed E-state index contributed by atoms with van der Waals surface area (Å²) in [6, 6.07) is 15.1. The number of H-pyrrole nitrogens is 1. The highest BCUT2D eigenvalue weighted by Crippen LogP contribution is 2.46. The molecule has 0 atom stereocenters. The van der Waals surface area contributed by atoms with E-state index in [1.807, 2.05) is 42.5 Å². The maximum Gasteiger partial charge on any atom is 0.328 e. The van der Waals surface area contributed by atoms with Crippen molar-refractivity contribution in [3.8, 4) is 5.88 Å². The third-order valence-corrected chi connectivity index (χ3v) is 6.79. The molecule has 2 aromatic heterocycles. The smallest absolute Gasteiger partial charge is 0.328 e. The Morgan fingerprint density at radius 2 is 1.89 bits per heavy atom. The van der Waals surface area contributed by atoms with Crippen molar-refractivity contribution in [3.63, 3.8) is 0 Å². The number of allylic oxidation sites excluding steroid dienone is 1. The third-order valence-electron chi connectivity index (χ3n) is 6.52. The molecular weight excluding hydrogens is 481 g/mol. The predicted molar refractivity (Wildman–Crippen MR) is 138 cm³/mol. The monoisotopic (exact) mass is 503 g/mol. The summed E-state index contributed by atoms with van der Waals surface area (Å²) in [5.74, 6) is -0.930. The van der Waals surface area contributed by atoms with Gasteiger partial charge in [-0.3, -0.25) is 5.10 Å². The maximum atomic E-state index is 14.4. The first-order valence-electron chi connectivity index (χ1n) is 11.5. The van der Waals surface area contributed by atoms with Crippen molar-refractivity contribution in [1.29, 1.82) is 0 Å². The van der Waals surface area contributed by atoms with Gasteiger partial charge in [0.25, 0.3) is 0 Å². The summed E-state index contributed by atoms with van der Waals surface area (Å²) >= 11 is 6.47. The molecule has 1 fully saturated rings. The summed E-state index contributed by atoms with van der Waals surface area (Å²) in [6.45, 7) is 0. The van der Waals surface area contributed by atoms with Crippen LogP contribution in [0.2, 0.25) is 5.02 Å². The first kappa shape index (κ1) is 23.8. The van der Waals surface area contributed by atoms with Gasteiger partial charge < -0.3 is 9.84 Å². The van der Waals surface area contributed by atoms with Gasteiger partial charge >= 0.3 is 5.97 Å². The van der Waals surface area contributed by atoms with Crippen LogP contribution < -0.4 is 4.74 Å². The van der Waals surface area contributed by atoms with Crippen LogP contribution in [-0.4, -0.2) is 33.4 Å². The number of halogens is 2. The minimum atomic E-state index is -1.01. The first-order valence-corrected chi connectivity index (χ1v) is 11.9. The normalized spacial score (nSPS) is 14.6. The van der Waals surface area contributed by atoms with Gasteiger partial charge in [0.1, 0.15) is 5.02 Å². The van der Waals surface area contributed by atoms with Crippen molar-refractivity contribution >= 4 is 45.7 Å². The number of fused-ring (bicyclic) bond motifs is 1. The summed E-state index contributed by atoms with van der Waals surface area (Å²) in [7, 11) is 1.52. The molecule has 1 aliphatic carbocycles. The number of carbonyl (C=O) groups is 1. The first-order chi connectivity index (χ1) is 17.4. The molecule has 1 saturated carbocycles. The zero-order valence-electron chi connectivity index (χ0n) is 19.5. The number of nitrogens with one attached hydrogen (secondary N) is 1. The maximum absolute atomic E-state index is 14.4. The van der Waals surface area contributed by atoms with Crippen molar-refractivity contribution in [2.75, 3.05) is 7.11 Å². The molecule has 182 valence electrons. The molecule has 2 heterocycles. The van der Waals surface area contributed by atoms with Gasteiger partial charge in [0.15, 0.2) is 0 Å². The van der Waals surface area contributed by atoms with Gasteiger partial charge in [-0.25, -0.2) is 9.78 Å². The molecular formula is C28H23ClFN3O3. The Balaban J connectivity index is 1.75. The van der Waals surface area contributed by atoms with E-state index in [0.29, 0.717) is 21.8 Å². The molecule has 4 aromatic rings. The molecule has 1 aliphatic rings. The highest BCUT2D eigenvalue weighted by Gasteiger charge is 2.28. The highest BCUT2D eigenvalue weighted by molar-refractivity contribution is 6.32. The van der Waals surface area contributed by atoms with E-state index in [0.717, 1.165) is 58.7 Å². The number of carboxylic acids is 1. The van der Waals surface area contributed by atoms with E-state index in [2.05, 4.69) is 15.2 Å². The minimum Gasteiger partial charge on any atom is -0.480 e. The number of carboxylic acid groups (broad SMARTS) is 1. The predicted octanol–water partition coefficient (Wildman–Crippen LogP) is 6.62. The van der Waals surface area contributed by atoms with E-state index in [-0.39, 0.29) is 5.92 Å². The molecule has 0 spiro atoms. The molecule has 2 aromatic carbocycles. The second-order valence-electron chi connectivity index (χ2n) is 8.70. The van der Waals surface area contributed by atoms with Crippen LogP contribution in [-0.2, 0) is 4.79 Å². The van der Waals surface area contributed by atoms with E-state index >= 15 is 0 Å². The van der Waals surface area contributed by atoms with Crippen LogP contribution in [0.4, 0.5) is 4.39 Å². The average Bonchev–Trinajstić information content (AvgIpc) is 3.22. The number of aliphatic carboxylic acids is 1. The Bertz CT molecular complexity index is 1500. The lowest BCUT2D eigenvalue weighted by Gasteiger charge is -2.31. The van der Waals surface area contributed by atoms with Crippen molar-refractivity contribution in [2.24, 2.45) is 5.92 Å². The molecule has 6 nitrogen and oxygen atoms in total. The fourth-order valence-electron chi connectivity index (χ4n) is 4.55. The number of nitrogens with zero attached hydrogens (tertiary/aromatic N) is 2. The number of pyridine rings is 1. The third kappa shape index (κ3) is 4.62. The molecule has 0 unspecified atom stereocenters. The van der Waals surface area contributed by atoms with Crippen LogP contribution in [0.1, 0.15) is 41.5 Å². The SMILES string of the molecule is COc1ncc(/C(=C(\c2ccc(/C=C/C(=O)O)cc2)c2ccc3[nH]nc(F)c3c2)C2CCC2)cc1Cl. The molecule has 8 heteroatoms.